The van der Waals surface area contributed by atoms with E-state index in [2.05, 4.69) is 18.3 Å². The zero-order chi connectivity index (χ0) is 20.6. The summed E-state index contributed by atoms with van der Waals surface area (Å²) in [5.41, 5.74) is 2.11. The lowest BCUT2D eigenvalue weighted by Crippen LogP contribution is -2.50. The SMILES string of the molecule is CC(CN(CC(=O)N1CCNCC1)C(=O)c1ccc(C#N)cc1)c1ccccc1. The van der Waals surface area contributed by atoms with Crippen molar-refractivity contribution in [2.45, 2.75) is 12.8 Å². The van der Waals surface area contributed by atoms with Crippen LogP contribution in [0, 0.1) is 11.3 Å². The van der Waals surface area contributed by atoms with Gasteiger partial charge >= 0.3 is 0 Å². The summed E-state index contributed by atoms with van der Waals surface area (Å²) in [6.45, 7) is 5.42. The number of amides is 2. The molecule has 6 heteroatoms. The van der Waals surface area contributed by atoms with Crippen LogP contribution in [-0.2, 0) is 4.79 Å². The molecular formula is C23H26N4O2. The van der Waals surface area contributed by atoms with E-state index in [4.69, 9.17) is 5.26 Å². The number of piperazine rings is 1. The highest BCUT2D eigenvalue weighted by molar-refractivity contribution is 5.96. The summed E-state index contributed by atoms with van der Waals surface area (Å²) in [7, 11) is 0. The second-order valence-corrected chi connectivity index (χ2v) is 7.32. The molecule has 0 radical (unpaired) electrons. The summed E-state index contributed by atoms with van der Waals surface area (Å²) in [6, 6.07) is 18.6. The van der Waals surface area contributed by atoms with Gasteiger partial charge in [0, 0.05) is 38.3 Å². The largest absolute Gasteiger partial charge is 0.339 e. The van der Waals surface area contributed by atoms with Crippen molar-refractivity contribution in [3.8, 4) is 6.07 Å². The van der Waals surface area contributed by atoms with Crippen LogP contribution < -0.4 is 5.32 Å². The monoisotopic (exact) mass is 390 g/mol. The predicted molar refractivity (Wildman–Crippen MR) is 111 cm³/mol. The van der Waals surface area contributed by atoms with E-state index in [0.717, 1.165) is 18.7 Å². The molecule has 1 heterocycles. The first kappa shape index (κ1) is 20.6. The summed E-state index contributed by atoms with van der Waals surface area (Å²) in [5.74, 6) is -0.135. The Hall–Kier alpha value is -3.17. The second kappa shape index (κ2) is 9.85. The van der Waals surface area contributed by atoms with Gasteiger partial charge in [0.2, 0.25) is 5.91 Å². The van der Waals surface area contributed by atoms with E-state index >= 15 is 0 Å². The molecular weight excluding hydrogens is 364 g/mol. The smallest absolute Gasteiger partial charge is 0.254 e. The Morgan fingerprint density at radius 2 is 1.76 bits per heavy atom. The fourth-order valence-electron chi connectivity index (χ4n) is 3.48. The Bertz CT molecular complexity index is 868. The molecule has 0 aliphatic carbocycles. The van der Waals surface area contributed by atoms with E-state index in [1.807, 2.05) is 35.2 Å². The molecule has 1 N–H and O–H groups in total. The van der Waals surface area contributed by atoms with E-state index in [-0.39, 0.29) is 24.3 Å². The van der Waals surface area contributed by atoms with Crippen LogP contribution in [0.2, 0.25) is 0 Å². The van der Waals surface area contributed by atoms with Crippen LogP contribution in [0.5, 0.6) is 0 Å². The number of nitrogens with zero attached hydrogens (tertiary/aromatic N) is 3. The van der Waals surface area contributed by atoms with E-state index in [1.54, 1.807) is 29.2 Å². The first-order valence-corrected chi connectivity index (χ1v) is 9.91. The van der Waals surface area contributed by atoms with Gasteiger partial charge in [0.15, 0.2) is 0 Å². The Morgan fingerprint density at radius 3 is 2.38 bits per heavy atom. The highest BCUT2D eigenvalue weighted by Crippen LogP contribution is 2.18. The minimum atomic E-state index is -0.194. The van der Waals surface area contributed by atoms with Gasteiger partial charge in [-0.05, 0) is 35.7 Å². The molecule has 0 aromatic heterocycles. The van der Waals surface area contributed by atoms with Crippen molar-refractivity contribution < 1.29 is 9.59 Å². The molecule has 1 aliphatic rings. The zero-order valence-electron chi connectivity index (χ0n) is 16.7. The maximum absolute atomic E-state index is 13.2. The fourth-order valence-corrected chi connectivity index (χ4v) is 3.48. The van der Waals surface area contributed by atoms with Crippen molar-refractivity contribution >= 4 is 11.8 Å². The third-order valence-electron chi connectivity index (χ3n) is 5.21. The molecule has 0 bridgehead atoms. The Labute approximate surface area is 171 Å². The van der Waals surface area contributed by atoms with Crippen molar-refractivity contribution in [1.29, 1.82) is 5.26 Å². The van der Waals surface area contributed by atoms with Crippen molar-refractivity contribution in [2.75, 3.05) is 39.3 Å². The normalized spacial score (nSPS) is 14.7. The third kappa shape index (κ3) is 5.43. The molecule has 3 rings (SSSR count). The minimum absolute atomic E-state index is 0.0336. The van der Waals surface area contributed by atoms with Crippen molar-refractivity contribution in [3.63, 3.8) is 0 Å². The standard InChI is InChI=1S/C23H26N4O2/c1-18(20-5-3-2-4-6-20)16-27(17-22(28)26-13-11-25-12-14-26)23(29)21-9-7-19(15-24)8-10-21/h2-10,18,25H,11-14,16-17H2,1H3. The summed E-state index contributed by atoms with van der Waals surface area (Å²) in [4.78, 5) is 29.5. The van der Waals surface area contributed by atoms with Crippen LogP contribution in [0.15, 0.2) is 54.6 Å². The second-order valence-electron chi connectivity index (χ2n) is 7.32. The molecule has 1 saturated heterocycles. The van der Waals surface area contributed by atoms with Gasteiger partial charge < -0.3 is 15.1 Å². The van der Waals surface area contributed by atoms with Gasteiger partial charge in [-0.25, -0.2) is 0 Å². The predicted octanol–water partition coefficient (Wildman–Crippen LogP) is 2.24. The van der Waals surface area contributed by atoms with Gasteiger partial charge in [-0.15, -0.1) is 0 Å². The van der Waals surface area contributed by atoms with Gasteiger partial charge in [0.05, 0.1) is 11.6 Å². The maximum Gasteiger partial charge on any atom is 0.254 e. The minimum Gasteiger partial charge on any atom is -0.339 e. The number of hydrogen-bond acceptors (Lipinski definition) is 4. The highest BCUT2D eigenvalue weighted by atomic mass is 16.2. The Morgan fingerprint density at radius 1 is 1.10 bits per heavy atom. The Balaban J connectivity index is 1.78. The maximum atomic E-state index is 13.2. The summed E-state index contributed by atoms with van der Waals surface area (Å²) in [6.07, 6.45) is 0. The Kier molecular flexibility index (Phi) is 6.99. The number of carbonyl (C=O) groups is 2. The van der Waals surface area contributed by atoms with Crippen LogP contribution in [-0.4, -0.2) is 60.9 Å². The summed E-state index contributed by atoms with van der Waals surface area (Å²) >= 11 is 0. The van der Waals surface area contributed by atoms with Crippen LogP contribution in [0.25, 0.3) is 0 Å². The van der Waals surface area contributed by atoms with Crippen LogP contribution in [0.1, 0.15) is 34.3 Å². The van der Waals surface area contributed by atoms with E-state index < -0.39 is 0 Å². The molecule has 1 fully saturated rings. The van der Waals surface area contributed by atoms with E-state index in [9.17, 15) is 9.59 Å². The molecule has 1 aliphatic heterocycles. The quantitative estimate of drug-likeness (QED) is 0.821. The number of nitrogens with one attached hydrogen (secondary N) is 1. The molecule has 0 spiro atoms. The van der Waals surface area contributed by atoms with Crippen LogP contribution in [0.3, 0.4) is 0 Å². The lowest BCUT2D eigenvalue weighted by Gasteiger charge is -2.31. The van der Waals surface area contributed by atoms with E-state index in [0.29, 0.717) is 30.8 Å². The summed E-state index contributed by atoms with van der Waals surface area (Å²) in [5, 5.41) is 12.2. The molecule has 1 unspecified atom stereocenters. The molecule has 2 aromatic rings. The van der Waals surface area contributed by atoms with Gasteiger partial charge in [0.25, 0.3) is 5.91 Å². The van der Waals surface area contributed by atoms with E-state index in [1.165, 1.54) is 0 Å². The fraction of sp³-hybridized carbons (Fsp3) is 0.348. The lowest BCUT2D eigenvalue weighted by atomic mass is 10.00. The first-order valence-electron chi connectivity index (χ1n) is 9.91. The molecule has 150 valence electrons. The number of benzene rings is 2. The molecule has 2 amide bonds. The summed E-state index contributed by atoms with van der Waals surface area (Å²) < 4.78 is 0. The lowest BCUT2D eigenvalue weighted by molar-refractivity contribution is -0.132. The van der Waals surface area contributed by atoms with Crippen LogP contribution in [0.4, 0.5) is 0 Å². The molecule has 1 atom stereocenters. The van der Waals surface area contributed by atoms with Crippen molar-refractivity contribution in [2.24, 2.45) is 0 Å². The zero-order valence-corrected chi connectivity index (χ0v) is 16.7. The number of rotatable bonds is 6. The highest BCUT2D eigenvalue weighted by Gasteiger charge is 2.25. The third-order valence-corrected chi connectivity index (χ3v) is 5.21. The van der Waals surface area contributed by atoms with Gasteiger partial charge in [-0.3, -0.25) is 9.59 Å². The van der Waals surface area contributed by atoms with Gasteiger partial charge in [-0.1, -0.05) is 37.3 Å². The van der Waals surface area contributed by atoms with Gasteiger partial charge in [0.1, 0.15) is 6.54 Å². The van der Waals surface area contributed by atoms with Crippen molar-refractivity contribution in [3.05, 3.63) is 71.3 Å². The molecule has 6 nitrogen and oxygen atoms in total. The molecule has 29 heavy (non-hydrogen) atoms. The van der Waals surface area contributed by atoms with Crippen LogP contribution >= 0.6 is 0 Å². The molecule has 0 saturated carbocycles. The number of nitriles is 1. The average Bonchev–Trinajstić information content (AvgIpc) is 2.79. The van der Waals surface area contributed by atoms with Gasteiger partial charge in [-0.2, -0.15) is 5.26 Å². The van der Waals surface area contributed by atoms with Crippen molar-refractivity contribution in [1.82, 2.24) is 15.1 Å². The average molecular weight is 390 g/mol. The number of hydrogen-bond donors (Lipinski definition) is 1. The first-order chi connectivity index (χ1) is 14.1. The molecule has 2 aromatic carbocycles. The number of carbonyl (C=O) groups excluding carboxylic acids is 2. The topological polar surface area (TPSA) is 76.4 Å².